The molecule has 0 unspecified atom stereocenters. The van der Waals surface area contributed by atoms with Crippen LogP contribution in [0.5, 0.6) is 0 Å². The average molecular weight is 379 g/mol. The van der Waals surface area contributed by atoms with Gasteiger partial charge in [-0.1, -0.05) is 82.9 Å². The van der Waals surface area contributed by atoms with E-state index in [9.17, 15) is 4.79 Å². The van der Waals surface area contributed by atoms with Crippen molar-refractivity contribution in [3.63, 3.8) is 0 Å². The van der Waals surface area contributed by atoms with Crippen LogP contribution in [0.3, 0.4) is 0 Å². The maximum absolute atomic E-state index is 11.3. The summed E-state index contributed by atoms with van der Waals surface area (Å²) in [5.41, 5.74) is 0. The van der Waals surface area contributed by atoms with Crippen LogP contribution in [0.25, 0.3) is 0 Å². The Kier molecular flexibility index (Phi) is 19.6. The SMILES string of the molecule is CCC=CCC=CCC=CCCCCCCCCOC(=O)OCCC(C)C. The van der Waals surface area contributed by atoms with Crippen LogP contribution in [0, 0.1) is 5.92 Å². The Bertz CT molecular complexity index is 408. The molecule has 3 heteroatoms. The minimum atomic E-state index is -0.519. The minimum absolute atomic E-state index is 0.456. The number of carbonyl (C=O) groups excluding carboxylic acids is 1. The first-order valence-corrected chi connectivity index (χ1v) is 10.9. The van der Waals surface area contributed by atoms with E-state index in [0.29, 0.717) is 19.1 Å². The third-order valence-electron chi connectivity index (χ3n) is 4.18. The van der Waals surface area contributed by atoms with Gasteiger partial charge in [0.25, 0.3) is 0 Å². The molecule has 0 heterocycles. The summed E-state index contributed by atoms with van der Waals surface area (Å²) in [5.74, 6) is 0.545. The van der Waals surface area contributed by atoms with Crippen LogP contribution < -0.4 is 0 Å². The Hall–Kier alpha value is -1.51. The zero-order valence-electron chi connectivity index (χ0n) is 18.0. The number of rotatable bonds is 17. The number of hydrogen-bond acceptors (Lipinski definition) is 3. The van der Waals surface area contributed by atoms with Gasteiger partial charge in [-0.3, -0.25) is 0 Å². The van der Waals surface area contributed by atoms with Crippen LogP contribution in [0.15, 0.2) is 36.5 Å². The quantitative estimate of drug-likeness (QED) is 0.147. The summed E-state index contributed by atoms with van der Waals surface area (Å²) in [7, 11) is 0. The second-order valence-electron chi connectivity index (χ2n) is 7.33. The van der Waals surface area contributed by atoms with E-state index in [-0.39, 0.29) is 0 Å². The van der Waals surface area contributed by atoms with Gasteiger partial charge in [-0.15, -0.1) is 0 Å². The molecule has 0 amide bonds. The van der Waals surface area contributed by atoms with Gasteiger partial charge < -0.3 is 9.47 Å². The zero-order chi connectivity index (χ0) is 20.0. The molecule has 0 saturated carbocycles. The van der Waals surface area contributed by atoms with E-state index in [1.165, 1.54) is 32.1 Å². The molecule has 0 atom stereocenters. The molecule has 0 aromatic heterocycles. The molecule has 0 rings (SSSR count). The summed E-state index contributed by atoms with van der Waals surface area (Å²) < 4.78 is 10.1. The largest absolute Gasteiger partial charge is 0.508 e. The van der Waals surface area contributed by atoms with Crippen LogP contribution in [-0.2, 0) is 9.47 Å². The molecule has 0 aliphatic carbocycles. The highest BCUT2D eigenvalue weighted by molar-refractivity contribution is 5.59. The molecule has 0 aliphatic heterocycles. The van der Waals surface area contributed by atoms with Crippen molar-refractivity contribution in [1.82, 2.24) is 0 Å². The Balaban J connectivity index is 3.27. The maximum atomic E-state index is 11.3. The summed E-state index contributed by atoms with van der Waals surface area (Å²) in [4.78, 5) is 11.3. The molecule has 0 saturated heterocycles. The fourth-order valence-electron chi connectivity index (χ4n) is 2.47. The maximum Gasteiger partial charge on any atom is 0.508 e. The highest BCUT2D eigenvalue weighted by Gasteiger charge is 2.03. The normalized spacial score (nSPS) is 12.0. The lowest BCUT2D eigenvalue weighted by atomic mass is 10.1. The molecule has 27 heavy (non-hydrogen) atoms. The monoisotopic (exact) mass is 378 g/mol. The Morgan fingerprint density at radius 2 is 1.30 bits per heavy atom. The van der Waals surface area contributed by atoms with E-state index >= 15 is 0 Å². The van der Waals surface area contributed by atoms with Gasteiger partial charge in [0.1, 0.15) is 0 Å². The fraction of sp³-hybridized carbons (Fsp3) is 0.708. The highest BCUT2D eigenvalue weighted by Crippen LogP contribution is 2.08. The van der Waals surface area contributed by atoms with Crippen molar-refractivity contribution in [2.24, 2.45) is 5.92 Å². The lowest BCUT2D eigenvalue weighted by Crippen LogP contribution is -2.10. The van der Waals surface area contributed by atoms with Crippen molar-refractivity contribution in [3.8, 4) is 0 Å². The summed E-state index contributed by atoms with van der Waals surface area (Å²) in [5, 5.41) is 0. The Labute approximate surface area is 167 Å². The van der Waals surface area contributed by atoms with Crippen molar-refractivity contribution >= 4 is 6.16 Å². The van der Waals surface area contributed by atoms with Crippen LogP contribution >= 0.6 is 0 Å². The smallest absolute Gasteiger partial charge is 0.434 e. The number of carbonyl (C=O) groups is 1. The van der Waals surface area contributed by atoms with Gasteiger partial charge in [-0.2, -0.15) is 0 Å². The number of unbranched alkanes of at least 4 members (excludes halogenated alkanes) is 6. The van der Waals surface area contributed by atoms with E-state index < -0.39 is 6.16 Å². The average Bonchev–Trinajstić information content (AvgIpc) is 2.64. The van der Waals surface area contributed by atoms with Gasteiger partial charge in [0.05, 0.1) is 13.2 Å². The summed E-state index contributed by atoms with van der Waals surface area (Å²) in [6.07, 6.45) is 25.3. The standard InChI is InChI=1S/C24H42O3/c1-4-5-6-7-8-9-10-11-12-13-14-15-16-17-18-19-21-26-24(25)27-22-20-23(2)3/h5-6,8-9,11-12,23H,4,7,10,13-22H2,1-3H3. The van der Waals surface area contributed by atoms with E-state index in [1.54, 1.807) is 0 Å². The zero-order valence-corrected chi connectivity index (χ0v) is 18.0. The molecule has 0 spiro atoms. The molecule has 0 N–H and O–H groups in total. The van der Waals surface area contributed by atoms with Gasteiger partial charge >= 0.3 is 6.16 Å². The van der Waals surface area contributed by atoms with Crippen molar-refractivity contribution in [2.75, 3.05) is 13.2 Å². The van der Waals surface area contributed by atoms with E-state index in [1.807, 2.05) is 0 Å². The molecule has 156 valence electrons. The van der Waals surface area contributed by atoms with Gasteiger partial charge in [0.2, 0.25) is 0 Å². The highest BCUT2D eigenvalue weighted by atomic mass is 16.7. The van der Waals surface area contributed by atoms with E-state index in [4.69, 9.17) is 9.47 Å². The van der Waals surface area contributed by atoms with E-state index in [2.05, 4.69) is 57.2 Å². The number of allylic oxidation sites excluding steroid dienone is 6. The van der Waals surface area contributed by atoms with Crippen molar-refractivity contribution < 1.29 is 14.3 Å². The van der Waals surface area contributed by atoms with Crippen LogP contribution in [0.2, 0.25) is 0 Å². The second-order valence-corrected chi connectivity index (χ2v) is 7.33. The third kappa shape index (κ3) is 22.4. The lowest BCUT2D eigenvalue weighted by Gasteiger charge is -2.07. The number of ether oxygens (including phenoxy) is 2. The molecule has 0 aromatic carbocycles. The summed E-state index contributed by atoms with van der Waals surface area (Å²) in [6, 6.07) is 0. The molecule has 3 nitrogen and oxygen atoms in total. The molecule has 0 radical (unpaired) electrons. The Morgan fingerprint density at radius 1 is 0.741 bits per heavy atom. The molecular formula is C24H42O3. The minimum Gasteiger partial charge on any atom is -0.434 e. The van der Waals surface area contributed by atoms with Crippen LogP contribution in [0.1, 0.15) is 91.4 Å². The first-order valence-electron chi connectivity index (χ1n) is 10.9. The van der Waals surface area contributed by atoms with Gasteiger partial charge in [0.15, 0.2) is 0 Å². The second kappa shape index (κ2) is 20.8. The molecule has 0 fully saturated rings. The topological polar surface area (TPSA) is 35.5 Å². The predicted octanol–water partition coefficient (Wildman–Crippen LogP) is 7.78. The third-order valence-corrected chi connectivity index (χ3v) is 4.18. The Morgan fingerprint density at radius 3 is 1.96 bits per heavy atom. The molecular weight excluding hydrogens is 336 g/mol. The molecule has 0 aliphatic rings. The van der Waals surface area contributed by atoms with Crippen LogP contribution in [0.4, 0.5) is 4.79 Å². The van der Waals surface area contributed by atoms with Gasteiger partial charge in [0, 0.05) is 0 Å². The summed E-state index contributed by atoms with van der Waals surface area (Å²) in [6.45, 7) is 7.31. The van der Waals surface area contributed by atoms with Crippen molar-refractivity contribution in [3.05, 3.63) is 36.5 Å². The van der Waals surface area contributed by atoms with Gasteiger partial charge in [-0.05, 0) is 50.9 Å². The van der Waals surface area contributed by atoms with Crippen LogP contribution in [-0.4, -0.2) is 19.4 Å². The first kappa shape index (κ1) is 25.5. The van der Waals surface area contributed by atoms with Crippen molar-refractivity contribution in [1.29, 1.82) is 0 Å². The van der Waals surface area contributed by atoms with Crippen molar-refractivity contribution in [2.45, 2.75) is 91.4 Å². The predicted molar refractivity (Wildman–Crippen MR) is 116 cm³/mol. The first-order chi connectivity index (χ1) is 13.2. The lowest BCUT2D eigenvalue weighted by molar-refractivity contribution is 0.0512. The molecule has 0 aromatic rings. The molecule has 0 bridgehead atoms. The summed E-state index contributed by atoms with van der Waals surface area (Å²) >= 11 is 0. The van der Waals surface area contributed by atoms with E-state index in [0.717, 1.165) is 38.5 Å². The number of hydrogen-bond donors (Lipinski definition) is 0. The fourth-order valence-corrected chi connectivity index (χ4v) is 2.47. The van der Waals surface area contributed by atoms with Gasteiger partial charge in [-0.25, -0.2) is 4.79 Å².